The van der Waals surface area contributed by atoms with Crippen molar-refractivity contribution in [3.63, 3.8) is 0 Å². The van der Waals surface area contributed by atoms with Gasteiger partial charge in [0, 0.05) is 16.0 Å². The van der Waals surface area contributed by atoms with E-state index in [1.807, 2.05) is 45.0 Å². The SMILES string of the molecule is Cc1c(NN)nc(C(C)C)nc1OCc1ccccc1Br. The third kappa shape index (κ3) is 3.71. The molecule has 0 saturated heterocycles. The number of nitrogen functional groups attached to an aromatic ring is 1. The molecule has 1 aromatic heterocycles. The van der Waals surface area contributed by atoms with Gasteiger partial charge in [0.2, 0.25) is 5.88 Å². The van der Waals surface area contributed by atoms with E-state index in [0.717, 1.165) is 15.6 Å². The fourth-order valence-corrected chi connectivity index (χ4v) is 2.21. The molecule has 6 heteroatoms. The number of nitrogens with one attached hydrogen (secondary N) is 1. The van der Waals surface area contributed by atoms with Crippen molar-refractivity contribution in [2.24, 2.45) is 5.84 Å². The number of anilines is 1. The van der Waals surface area contributed by atoms with Gasteiger partial charge in [-0.25, -0.2) is 10.8 Å². The normalized spacial score (nSPS) is 10.8. The second kappa shape index (κ2) is 6.87. The van der Waals surface area contributed by atoms with E-state index in [-0.39, 0.29) is 5.92 Å². The van der Waals surface area contributed by atoms with Crippen molar-refractivity contribution in [1.29, 1.82) is 0 Å². The molecule has 3 N–H and O–H groups in total. The van der Waals surface area contributed by atoms with Crippen molar-refractivity contribution < 1.29 is 4.74 Å². The van der Waals surface area contributed by atoms with E-state index >= 15 is 0 Å². The number of aromatic nitrogens is 2. The summed E-state index contributed by atoms with van der Waals surface area (Å²) in [5.41, 5.74) is 4.46. The smallest absolute Gasteiger partial charge is 0.222 e. The summed E-state index contributed by atoms with van der Waals surface area (Å²) < 4.78 is 6.87. The summed E-state index contributed by atoms with van der Waals surface area (Å²) in [5.74, 6) is 7.57. The van der Waals surface area contributed by atoms with Gasteiger partial charge in [-0.1, -0.05) is 48.0 Å². The maximum atomic E-state index is 5.86. The molecule has 0 fully saturated rings. The summed E-state index contributed by atoms with van der Waals surface area (Å²) in [7, 11) is 0. The third-order valence-corrected chi connectivity index (χ3v) is 3.87. The van der Waals surface area contributed by atoms with Crippen molar-refractivity contribution in [1.82, 2.24) is 9.97 Å². The number of hydrazine groups is 1. The molecule has 0 bridgehead atoms. The Balaban J connectivity index is 2.27. The standard InChI is InChI=1S/C15H19BrN4O/c1-9(2)13-18-14(20-17)10(3)15(19-13)21-8-11-6-4-5-7-12(11)16/h4-7,9H,8,17H2,1-3H3,(H,18,19,20). The second-order valence-corrected chi connectivity index (χ2v) is 5.89. The number of nitrogens with zero attached hydrogens (tertiary/aromatic N) is 2. The van der Waals surface area contributed by atoms with Gasteiger partial charge >= 0.3 is 0 Å². The molecule has 2 rings (SSSR count). The predicted octanol–water partition coefficient (Wildman–Crippen LogP) is 3.54. The highest BCUT2D eigenvalue weighted by molar-refractivity contribution is 9.10. The predicted molar refractivity (Wildman–Crippen MR) is 87.1 cm³/mol. The van der Waals surface area contributed by atoms with Crippen LogP contribution in [0.4, 0.5) is 5.82 Å². The Morgan fingerprint density at radius 2 is 2.00 bits per heavy atom. The minimum Gasteiger partial charge on any atom is -0.472 e. The van der Waals surface area contributed by atoms with Crippen LogP contribution >= 0.6 is 15.9 Å². The van der Waals surface area contributed by atoms with Crippen molar-refractivity contribution in [2.75, 3.05) is 5.43 Å². The van der Waals surface area contributed by atoms with Gasteiger partial charge in [0.05, 0.1) is 5.56 Å². The molecule has 0 radical (unpaired) electrons. The molecule has 5 nitrogen and oxygen atoms in total. The molecule has 0 aliphatic heterocycles. The molecule has 2 aromatic rings. The lowest BCUT2D eigenvalue weighted by atomic mass is 10.2. The van der Waals surface area contributed by atoms with E-state index in [1.54, 1.807) is 0 Å². The van der Waals surface area contributed by atoms with Gasteiger partial charge in [-0.05, 0) is 13.0 Å². The van der Waals surface area contributed by atoms with Crippen LogP contribution in [0.3, 0.4) is 0 Å². The fourth-order valence-electron chi connectivity index (χ4n) is 1.81. The number of ether oxygens (including phenoxy) is 1. The summed E-state index contributed by atoms with van der Waals surface area (Å²) in [5, 5.41) is 0. The van der Waals surface area contributed by atoms with Crippen LogP contribution in [0, 0.1) is 6.92 Å². The molecular formula is C15H19BrN4O. The maximum absolute atomic E-state index is 5.86. The van der Waals surface area contributed by atoms with Crippen LogP contribution in [0.15, 0.2) is 28.7 Å². The molecule has 1 aromatic carbocycles. The van der Waals surface area contributed by atoms with E-state index in [1.165, 1.54) is 0 Å². The van der Waals surface area contributed by atoms with Gasteiger partial charge in [0.1, 0.15) is 18.2 Å². The molecule has 0 spiro atoms. The van der Waals surface area contributed by atoms with E-state index in [2.05, 4.69) is 31.3 Å². The first-order valence-corrected chi connectivity index (χ1v) is 7.53. The summed E-state index contributed by atoms with van der Waals surface area (Å²) >= 11 is 3.51. The van der Waals surface area contributed by atoms with E-state index in [9.17, 15) is 0 Å². The Morgan fingerprint density at radius 1 is 1.29 bits per heavy atom. The number of halogens is 1. The van der Waals surface area contributed by atoms with Gasteiger partial charge in [-0.2, -0.15) is 4.98 Å². The lowest BCUT2D eigenvalue weighted by Gasteiger charge is -2.14. The Hall–Kier alpha value is -1.66. The molecule has 0 aliphatic rings. The number of hydrogen-bond donors (Lipinski definition) is 2. The molecule has 0 atom stereocenters. The number of hydrogen-bond acceptors (Lipinski definition) is 5. The van der Waals surface area contributed by atoms with Gasteiger partial charge in [-0.3, -0.25) is 0 Å². The third-order valence-electron chi connectivity index (χ3n) is 3.09. The molecule has 112 valence electrons. The summed E-state index contributed by atoms with van der Waals surface area (Å²) in [4.78, 5) is 8.87. The van der Waals surface area contributed by atoms with Crippen molar-refractivity contribution >= 4 is 21.7 Å². The first kappa shape index (κ1) is 15.7. The largest absolute Gasteiger partial charge is 0.472 e. The van der Waals surface area contributed by atoms with E-state index in [0.29, 0.717) is 24.1 Å². The van der Waals surface area contributed by atoms with E-state index < -0.39 is 0 Å². The monoisotopic (exact) mass is 350 g/mol. The molecule has 21 heavy (non-hydrogen) atoms. The van der Waals surface area contributed by atoms with Crippen molar-refractivity contribution in [2.45, 2.75) is 33.3 Å². The fraction of sp³-hybridized carbons (Fsp3) is 0.333. The van der Waals surface area contributed by atoms with Gasteiger partial charge in [0.25, 0.3) is 0 Å². The van der Waals surface area contributed by atoms with Gasteiger partial charge < -0.3 is 10.2 Å². The zero-order valence-corrected chi connectivity index (χ0v) is 13.9. The quantitative estimate of drug-likeness (QED) is 0.637. The van der Waals surface area contributed by atoms with Gasteiger partial charge in [0.15, 0.2) is 0 Å². The molecule has 1 heterocycles. The molecule has 0 saturated carbocycles. The molecule has 0 unspecified atom stereocenters. The Labute approximate surface area is 133 Å². The number of nitrogens with two attached hydrogens (primary N) is 1. The topological polar surface area (TPSA) is 73.1 Å². The average Bonchev–Trinajstić information content (AvgIpc) is 2.47. The van der Waals surface area contributed by atoms with E-state index in [4.69, 9.17) is 10.6 Å². The Bertz CT molecular complexity index is 631. The molecule has 0 aliphatic carbocycles. The van der Waals surface area contributed by atoms with Crippen LogP contribution in [0.5, 0.6) is 5.88 Å². The zero-order valence-electron chi connectivity index (χ0n) is 12.4. The van der Waals surface area contributed by atoms with Crippen LogP contribution in [-0.4, -0.2) is 9.97 Å². The lowest BCUT2D eigenvalue weighted by molar-refractivity contribution is 0.289. The summed E-state index contributed by atoms with van der Waals surface area (Å²) in [6.07, 6.45) is 0. The first-order chi connectivity index (χ1) is 10.0. The minimum absolute atomic E-state index is 0.198. The van der Waals surface area contributed by atoms with Crippen LogP contribution in [-0.2, 0) is 6.61 Å². The summed E-state index contributed by atoms with van der Waals surface area (Å²) in [6, 6.07) is 7.93. The van der Waals surface area contributed by atoms with Crippen molar-refractivity contribution in [3.05, 3.63) is 45.7 Å². The Kier molecular flexibility index (Phi) is 5.14. The first-order valence-electron chi connectivity index (χ1n) is 6.74. The van der Waals surface area contributed by atoms with Gasteiger partial charge in [-0.15, -0.1) is 0 Å². The summed E-state index contributed by atoms with van der Waals surface area (Å²) in [6.45, 7) is 6.38. The number of rotatable bonds is 5. The highest BCUT2D eigenvalue weighted by atomic mass is 79.9. The van der Waals surface area contributed by atoms with Crippen LogP contribution in [0.2, 0.25) is 0 Å². The molecular weight excluding hydrogens is 332 g/mol. The highest BCUT2D eigenvalue weighted by Crippen LogP contribution is 2.26. The molecule has 0 amide bonds. The number of benzene rings is 1. The van der Waals surface area contributed by atoms with Crippen molar-refractivity contribution in [3.8, 4) is 5.88 Å². The minimum atomic E-state index is 0.198. The highest BCUT2D eigenvalue weighted by Gasteiger charge is 2.14. The lowest BCUT2D eigenvalue weighted by Crippen LogP contribution is -2.14. The maximum Gasteiger partial charge on any atom is 0.222 e. The van der Waals surface area contributed by atoms with Crippen LogP contribution in [0.25, 0.3) is 0 Å². The Morgan fingerprint density at radius 3 is 2.62 bits per heavy atom. The zero-order chi connectivity index (χ0) is 15.4. The average molecular weight is 351 g/mol. The second-order valence-electron chi connectivity index (χ2n) is 5.04. The van der Waals surface area contributed by atoms with Crippen LogP contribution < -0.4 is 16.0 Å². The van der Waals surface area contributed by atoms with Crippen LogP contribution in [0.1, 0.15) is 36.7 Å².